The van der Waals surface area contributed by atoms with E-state index in [0.717, 1.165) is 12.8 Å². The second-order valence-electron chi connectivity index (χ2n) is 6.22. The lowest BCUT2D eigenvalue weighted by atomic mass is 9.83. The van der Waals surface area contributed by atoms with Crippen molar-refractivity contribution in [3.05, 3.63) is 0 Å². The predicted molar refractivity (Wildman–Crippen MR) is 89.9 cm³/mol. The Morgan fingerprint density at radius 2 is 0.800 bits per heavy atom. The van der Waals surface area contributed by atoms with Crippen LogP contribution in [0.1, 0.15) is 103 Å². The summed E-state index contributed by atoms with van der Waals surface area (Å²) < 4.78 is 0. The Balaban J connectivity index is 2.92. The first-order chi connectivity index (χ1) is 9.77. The first-order valence-electron chi connectivity index (χ1n) is 9.13. The van der Waals surface area contributed by atoms with Gasteiger partial charge in [-0.25, -0.2) is 0 Å². The molecule has 0 spiro atoms. The van der Waals surface area contributed by atoms with Crippen LogP contribution in [0.2, 0.25) is 6.32 Å². The van der Waals surface area contributed by atoms with Gasteiger partial charge in [-0.05, 0) is 6.32 Å². The second-order valence-corrected chi connectivity index (χ2v) is 6.22. The van der Waals surface area contributed by atoms with Crippen molar-refractivity contribution >= 4 is 7.12 Å². The average molecular weight is 284 g/mol. The summed E-state index contributed by atoms with van der Waals surface area (Å²) in [5, 5.41) is 17.4. The predicted octanol–water partition coefficient (Wildman–Crippen LogP) is 5.33. The van der Waals surface area contributed by atoms with Gasteiger partial charge in [-0.1, -0.05) is 103 Å². The Bertz CT molecular complexity index is 174. The summed E-state index contributed by atoms with van der Waals surface area (Å²) >= 11 is 0. The fourth-order valence-electron chi connectivity index (χ4n) is 2.70. The van der Waals surface area contributed by atoms with Crippen LogP contribution in [-0.4, -0.2) is 17.2 Å². The third-order valence-electron chi connectivity index (χ3n) is 4.07. The minimum Gasteiger partial charge on any atom is -0.427 e. The normalized spacial score (nSPS) is 10.9. The van der Waals surface area contributed by atoms with E-state index >= 15 is 0 Å². The largest absolute Gasteiger partial charge is 0.451 e. The highest BCUT2D eigenvalue weighted by molar-refractivity contribution is 6.40. The van der Waals surface area contributed by atoms with Crippen LogP contribution < -0.4 is 0 Å². The molecule has 20 heavy (non-hydrogen) atoms. The molecule has 0 aromatic heterocycles. The fraction of sp³-hybridized carbons (Fsp3) is 1.00. The van der Waals surface area contributed by atoms with Crippen LogP contribution >= 0.6 is 0 Å². The highest BCUT2D eigenvalue weighted by Gasteiger charge is 2.04. The lowest BCUT2D eigenvalue weighted by Crippen LogP contribution is -2.09. The maximum Gasteiger partial charge on any atom is 0.451 e. The van der Waals surface area contributed by atoms with Gasteiger partial charge < -0.3 is 10.0 Å². The molecule has 0 fully saturated rings. The summed E-state index contributed by atoms with van der Waals surface area (Å²) in [6, 6.07) is 0. The van der Waals surface area contributed by atoms with Crippen molar-refractivity contribution < 1.29 is 10.0 Å². The van der Waals surface area contributed by atoms with Crippen molar-refractivity contribution in [2.24, 2.45) is 0 Å². The highest BCUT2D eigenvalue weighted by Crippen LogP contribution is 2.13. The number of hydrogen-bond donors (Lipinski definition) is 2. The lowest BCUT2D eigenvalue weighted by molar-refractivity contribution is 0.401. The van der Waals surface area contributed by atoms with E-state index in [9.17, 15) is 0 Å². The first kappa shape index (κ1) is 20.0. The molecule has 120 valence electrons. The molecule has 0 amide bonds. The third-order valence-corrected chi connectivity index (χ3v) is 4.07. The van der Waals surface area contributed by atoms with Crippen LogP contribution in [0.3, 0.4) is 0 Å². The van der Waals surface area contributed by atoms with Gasteiger partial charge in [0.1, 0.15) is 0 Å². The van der Waals surface area contributed by atoms with E-state index in [-0.39, 0.29) is 0 Å². The molecule has 0 radical (unpaired) electrons. The quantitative estimate of drug-likeness (QED) is 0.297. The van der Waals surface area contributed by atoms with Gasteiger partial charge in [0.05, 0.1) is 0 Å². The summed E-state index contributed by atoms with van der Waals surface area (Å²) in [6.07, 6.45) is 20.7. The molecule has 0 aliphatic carbocycles. The zero-order valence-electron chi connectivity index (χ0n) is 13.8. The van der Waals surface area contributed by atoms with Gasteiger partial charge in [0.25, 0.3) is 0 Å². The van der Waals surface area contributed by atoms with Crippen molar-refractivity contribution in [3.63, 3.8) is 0 Å². The first-order valence-corrected chi connectivity index (χ1v) is 9.13. The average Bonchev–Trinajstić information content (AvgIpc) is 2.43. The number of rotatable bonds is 16. The molecule has 3 heteroatoms. The molecule has 0 atom stereocenters. The molecule has 2 nitrogen and oxygen atoms in total. The van der Waals surface area contributed by atoms with Crippen molar-refractivity contribution in [2.75, 3.05) is 0 Å². The maximum atomic E-state index is 8.71. The molecule has 0 aromatic carbocycles. The molecule has 0 aliphatic rings. The summed E-state index contributed by atoms with van der Waals surface area (Å²) in [5.41, 5.74) is 0. The van der Waals surface area contributed by atoms with E-state index < -0.39 is 7.12 Å². The maximum absolute atomic E-state index is 8.71. The monoisotopic (exact) mass is 284 g/mol. The van der Waals surface area contributed by atoms with Gasteiger partial charge in [-0.3, -0.25) is 0 Å². The molecule has 0 unspecified atom stereocenters. The zero-order chi connectivity index (χ0) is 14.9. The van der Waals surface area contributed by atoms with Crippen molar-refractivity contribution in [1.29, 1.82) is 0 Å². The summed E-state index contributed by atoms with van der Waals surface area (Å²) in [6.45, 7) is 2.27. The Kier molecular flexibility index (Phi) is 17.0. The zero-order valence-corrected chi connectivity index (χ0v) is 13.8. The second kappa shape index (κ2) is 17.0. The topological polar surface area (TPSA) is 40.5 Å². The van der Waals surface area contributed by atoms with Crippen molar-refractivity contribution in [3.8, 4) is 0 Å². The smallest absolute Gasteiger partial charge is 0.427 e. The summed E-state index contributed by atoms with van der Waals surface area (Å²) in [4.78, 5) is 0. The van der Waals surface area contributed by atoms with Crippen LogP contribution in [0.15, 0.2) is 0 Å². The van der Waals surface area contributed by atoms with Gasteiger partial charge in [0.15, 0.2) is 0 Å². The molecule has 0 saturated heterocycles. The van der Waals surface area contributed by atoms with E-state index in [2.05, 4.69) is 6.92 Å². The molecule has 0 saturated carbocycles. The van der Waals surface area contributed by atoms with E-state index in [4.69, 9.17) is 10.0 Å². The fourth-order valence-corrected chi connectivity index (χ4v) is 2.70. The molecule has 0 heterocycles. The van der Waals surface area contributed by atoms with Gasteiger partial charge in [0.2, 0.25) is 0 Å². The van der Waals surface area contributed by atoms with E-state index in [1.54, 1.807) is 0 Å². The minimum absolute atomic E-state index is 0.540. The van der Waals surface area contributed by atoms with Crippen LogP contribution in [0.5, 0.6) is 0 Å². The standard InChI is InChI=1S/C17H37BO2/c1-2-3-4-5-6-7-8-9-10-11-12-13-14-15-16-17-18(19)20/h19-20H,2-17H2,1H3. The van der Waals surface area contributed by atoms with Gasteiger partial charge in [-0.15, -0.1) is 0 Å². The number of unbranched alkanes of at least 4 members (excludes halogenated alkanes) is 14. The molecule has 0 bridgehead atoms. The molecular formula is C17H37BO2. The van der Waals surface area contributed by atoms with E-state index in [1.807, 2.05) is 0 Å². The molecule has 0 rings (SSSR count). The molecule has 0 aromatic rings. The summed E-state index contributed by atoms with van der Waals surface area (Å²) in [7, 11) is -1.10. The van der Waals surface area contributed by atoms with Crippen LogP contribution in [0.25, 0.3) is 0 Å². The van der Waals surface area contributed by atoms with Crippen LogP contribution in [0, 0.1) is 0 Å². The molecule has 2 N–H and O–H groups in total. The van der Waals surface area contributed by atoms with Crippen molar-refractivity contribution in [2.45, 2.75) is 110 Å². The Morgan fingerprint density at radius 3 is 1.10 bits per heavy atom. The van der Waals surface area contributed by atoms with E-state index in [0.29, 0.717) is 6.32 Å². The van der Waals surface area contributed by atoms with Crippen molar-refractivity contribution in [1.82, 2.24) is 0 Å². The Labute approximate surface area is 127 Å². The van der Waals surface area contributed by atoms with Gasteiger partial charge in [-0.2, -0.15) is 0 Å². The highest BCUT2D eigenvalue weighted by atomic mass is 16.4. The Morgan fingerprint density at radius 1 is 0.500 bits per heavy atom. The SMILES string of the molecule is CCCCCCCCCCCCCCCCCB(O)O. The third kappa shape index (κ3) is 18.0. The van der Waals surface area contributed by atoms with Crippen LogP contribution in [-0.2, 0) is 0 Å². The van der Waals surface area contributed by atoms with Crippen LogP contribution in [0.4, 0.5) is 0 Å². The molecule has 0 aliphatic heterocycles. The molecular weight excluding hydrogens is 247 g/mol. The minimum atomic E-state index is -1.10. The lowest BCUT2D eigenvalue weighted by Gasteiger charge is -2.03. The summed E-state index contributed by atoms with van der Waals surface area (Å²) in [5.74, 6) is 0. The Hall–Kier alpha value is -0.0151. The van der Waals surface area contributed by atoms with E-state index in [1.165, 1.54) is 83.5 Å². The van der Waals surface area contributed by atoms with Gasteiger partial charge in [0, 0.05) is 0 Å². The number of hydrogen-bond acceptors (Lipinski definition) is 2. The van der Waals surface area contributed by atoms with Gasteiger partial charge >= 0.3 is 7.12 Å².